The van der Waals surface area contributed by atoms with Crippen molar-refractivity contribution in [3.05, 3.63) is 28.2 Å². The van der Waals surface area contributed by atoms with Gasteiger partial charge < -0.3 is 9.30 Å². The SMILES string of the molecule is COc1ccn(C(C)C2(C)CC2)c(=O)c1C#N. The standard InChI is InChI=1S/C13H16N2O2/c1-9(13(2)5-6-13)15-7-4-11(17-3)10(8-14)12(15)16/h4,7,9H,5-6H2,1-3H3. The van der Waals surface area contributed by atoms with Gasteiger partial charge in [-0.2, -0.15) is 5.26 Å². The molecule has 17 heavy (non-hydrogen) atoms. The van der Waals surface area contributed by atoms with E-state index in [0.717, 1.165) is 12.8 Å². The van der Waals surface area contributed by atoms with Crippen LogP contribution in [0.1, 0.15) is 38.3 Å². The van der Waals surface area contributed by atoms with E-state index in [1.54, 1.807) is 16.8 Å². The third-order valence-corrected chi connectivity index (χ3v) is 3.88. The lowest BCUT2D eigenvalue weighted by Crippen LogP contribution is -2.29. The summed E-state index contributed by atoms with van der Waals surface area (Å²) >= 11 is 0. The molecular formula is C13H16N2O2. The predicted octanol–water partition coefficient (Wildman–Crippen LogP) is 2.09. The lowest BCUT2D eigenvalue weighted by Gasteiger charge is -2.22. The fourth-order valence-corrected chi connectivity index (χ4v) is 2.06. The summed E-state index contributed by atoms with van der Waals surface area (Å²) in [7, 11) is 1.46. The highest BCUT2D eigenvalue weighted by Gasteiger charge is 2.43. The first-order chi connectivity index (χ1) is 8.03. The van der Waals surface area contributed by atoms with Crippen molar-refractivity contribution in [2.45, 2.75) is 32.7 Å². The van der Waals surface area contributed by atoms with Gasteiger partial charge in [-0.05, 0) is 31.2 Å². The number of rotatable bonds is 3. The van der Waals surface area contributed by atoms with Crippen LogP contribution in [0, 0.1) is 16.7 Å². The van der Waals surface area contributed by atoms with Gasteiger partial charge >= 0.3 is 0 Å². The number of hydrogen-bond acceptors (Lipinski definition) is 3. The summed E-state index contributed by atoms with van der Waals surface area (Å²) in [6, 6.07) is 3.72. The van der Waals surface area contributed by atoms with Gasteiger partial charge in [0.1, 0.15) is 11.8 Å². The van der Waals surface area contributed by atoms with Gasteiger partial charge in [-0.15, -0.1) is 0 Å². The Labute approximate surface area is 100 Å². The van der Waals surface area contributed by atoms with Crippen molar-refractivity contribution in [3.8, 4) is 11.8 Å². The van der Waals surface area contributed by atoms with Crippen LogP contribution in [0.5, 0.6) is 5.75 Å². The summed E-state index contributed by atoms with van der Waals surface area (Å²) in [5.74, 6) is 0.349. The molecule has 1 aromatic heterocycles. The third-order valence-electron chi connectivity index (χ3n) is 3.88. The summed E-state index contributed by atoms with van der Waals surface area (Å²) < 4.78 is 6.66. The van der Waals surface area contributed by atoms with Crippen LogP contribution in [0.2, 0.25) is 0 Å². The van der Waals surface area contributed by atoms with Crippen molar-refractivity contribution in [2.24, 2.45) is 5.41 Å². The maximum absolute atomic E-state index is 12.2. The molecule has 0 saturated heterocycles. The number of pyridine rings is 1. The molecule has 1 saturated carbocycles. The Kier molecular flexibility index (Phi) is 2.70. The second kappa shape index (κ2) is 3.92. The van der Waals surface area contributed by atoms with Gasteiger partial charge in [0.15, 0.2) is 5.56 Å². The van der Waals surface area contributed by atoms with Gasteiger partial charge in [-0.3, -0.25) is 4.79 Å². The summed E-state index contributed by atoms with van der Waals surface area (Å²) in [6.45, 7) is 4.20. The number of nitriles is 1. The molecule has 2 rings (SSSR count). The Morgan fingerprint density at radius 3 is 2.71 bits per heavy atom. The zero-order valence-electron chi connectivity index (χ0n) is 10.4. The van der Waals surface area contributed by atoms with Crippen molar-refractivity contribution in [2.75, 3.05) is 7.11 Å². The van der Waals surface area contributed by atoms with E-state index < -0.39 is 0 Å². The molecule has 4 nitrogen and oxygen atoms in total. The molecular weight excluding hydrogens is 216 g/mol. The molecule has 0 bridgehead atoms. The summed E-state index contributed by atoms with van der Waals surface area (Å²) in [5, 5.41) is 9.01. The fourth-order valence-electron chi connectivity index (χ4n) is 2.06. The molecule has 0 N–H and O–H groups in total. The Hall–Kier alpha value is -1.76. The molecule has 0 spiro atoms. The molecule has 1 aliphatic rings. The van der Waals surface area contributed by atoms with Crippen molar-refractivity contribution < 1.29 is 4.74 Å². The van der Waals surface area contributed by atoms with E-state index in [-0.39, 0.29) is 22.6 Å². The molecule has 1 aromatic rings. The highest BCUT2D eigenvalue weighted by molar-refractivity contribution is 5.40. The van der Waals surface area contributed by atoms with Gasteiger partial charge in [0.25, 0.3) is 5.56 Å². The maximum Gasteiger partial charge on any atom is 0.272 e. The Morgan fingerprint density at radius 2 is 2.24 bits per heavy atom. The maximum atomic E-state index is 12.2. The Bertz CT molecular complexity index is 535. The van der Waals surface area contributed by atoms with E-state index in [4.69, 9.17) is 10.00 Å². The topological polar surface area (TPSA) is 55.0 Å². The lowest BCUT2D eigenvalue weighted by molar-refractivity contribution is 0.346. The average Bonchev–Trinajstić information content (AvgIpc) is 3.07. The van der Waals surface area contributed by atoms with Crippen LogP contribution in [0.4, 0.5) is 0 Å². The quantitative estimate of drug-likeness (QED) is 0.801. The van der Waals surface area contributed by atoms with Crippen molar-refractivity contribution in [1.29, 1.82) is 5.26 Å². The first-order valence-electron chi connectivity index (χ1n) is 5.73. The van der Waals surface area contributed by atoms with Gasteiger partial charge in [0.2, 0.25) is 0 Å². The fraction of sp³-hybridized carbons (Fsp3) is 0.538. The highest BCUT2D eigenvalue weighted by atomic mass is 16.5. The monoisotopic (exact) mass is 232 g/mol. The summed E-state index contributed by atoms with van der Waals surface area (Å²) in [5.41, 5.74) is 0.0316. The lowest BCUT2D eigenvalue weighted by atomic mass is 10.0. The number of hydrogen-bond donors (Lipinski definition) is 0. The molecule has 0 amide bonds. The zero-order valence-corrected chi connectivity index (χ0v) is 10.4. The second-order valence-corrected chi connectivity index (χ2v) is 4.91. The van der Waals surface area contributed by atoms with E-state index in [0.29, 0.717) is 5.75 Å². The number of ether oxygens (including phenoxy) is 1. The largest absolute Gasteiger partial charge is 0.495 e. The van der Waals surface area contributed by atoms with Crippen LogP contribution in [-0.4, -0.2) is 11.7 Å². The predicted molar refractivity (Wildman–Crippen MR) is 64.0 cm³/mol. The number of methoxy groups -OCH3 is 1. The minimum Gasteiger partial charge on any atom is -0.495 e. The van der Waals surface area contributed by atoms with Crippen molar-refractivity contribution in [3.63, 3.8) is 0 Å². The first kappa shape index (κ1) is 11.7. The molecule has 1 unspecified atom stereocenters. The van der Waals surface area contributed by atoms with Crippen LogP contribution in [-0.2, 0) is 0 Å². The van der Waals surface area contributed by atoms with Crippen LogP contribution < -0.4 is 10.3 Å². The van der Waals surface area contributed by atoms with Crippen molar-refractivity contribution in [1.82, 2.24) is 4.57 Å². The van der Waals surface area contributed by atoms with Crippen LogP contribution in [0.3, 0.4) is 0 Å². The molecule has 1 aliphatic carbocycles. The van der Waals surface area contributed by atoms with Crippen LogP contribution in [0.15, 0.2) is 17.1 Å². The van der Waals surface area contributed by atoms with E-state index in [9.17, 15) is 4.79 Å². The van der Waals surface area contributed by atoms with Gasteiger partial charge in [0, 0.05) is 12.2 Å². The van der Waals surface area contributed by atoms with E-state index in [1.807, 2.05) is 13.0 Å². The second-order valence-electron chi connectivity index (χ2n) is 4.91. The Morgan fingerprint density at radius 1 is 1.59 bits per heavy atom. The van der Waals surface area contributed by atoms with Crippen molar-refractivity contribution >= 4 is 0 Å². The van der Waals surface area contributed by atoms with Gasteiger partial charge in [0.05, 0.1) is 7.11 Å². The molecule has 1 fully saturated rings. The normalized spacial score (nSPS) is 18.2. The van der Waals surface area contributed by atoms with Gasteiger partial charge in [-0.1, -0.05) is 6.92 Å². The first-order valence-corrected chi connectivity index (χ1v) is 5.73. The molecule has 1 heterocycles. The molecule has 4 heteroatoms. The van der Waals surface area contributed by atoms with E-state index >= 15 is 0 Å². The number of aromatic nitrogens is 1. The molecule has 0 radical (unpaired) electrons. The average molecular weight is 232 g/mol. The van der Waals surface area contributed by atoms with Crippen LogP contribution >= 0.6 is 0 Å². The minimum atomic E-state index is -0.257. The van der Waals surface area contributed by atoms with E-state index in [2.05, 4.69) is 6.92 Å². The smallest absolute Gasteiger partial charge is 0.272 e. The van der Waals surface area contributed by atoms with Crippen LogP contribution in [0.25, 0.3) is 0 Å². The summed E-state index contributed by atoms with van der Waals surface area (Å²) in [4.78, 5) is 12.2. The molecule has 0 aliphatic heterocycles. The molecule has 1 atom stereocenters. The van der Waals surface area contributed by atoms with E-state index in [1.165, 1.54) is 7.11 Å². The Balaban J connectivity index is 2.51. The number of nitrogens with zero attached hydrogens (tertiary/aromatic N) is 2. The zero-order chi connectivity index (χ0) is 12.6. The molecule has 90 valence electrons. The minimum absolute atomic E-state index is 0.0890. The summed E-state index contributed by atoms with van der Waals surface area (Å²) in [6.07, 6.45) is 3.99. The molecule has 0 aromatic carbocycles. The van der Waals surface area contributed by atoms with Gasteiger partial charge in [-0.25, -0.2) is 0 Å². The third kappa shape index (κ3) is 1.82. The highest BCUT2D eigenvalue weighted by Crippen LogP contribution is 2.53.